The van der Waals surface area contributed by atoms with E-state index in [2.05, 4.69) is 5.32 Å². The summed E-state index contributed by atoms with van der Waals surface area (Å²) in [7, 11) is 1.51. The first-order valence-electron chi connectivity index (χ1n) is 8.12. The third-order valence-electron chi connectivity index (χ3n) is 4.16. The summed E-state index contributed by atoms with van der Waals surface area (Å²) >= 11 is 24.6. The zero-order chi connectivity index (χ0) is 20.1. The standard InChI is InChI=1S/C19H18Cl4N2O2/c1-11(19(27)24-2)25(10-14-15(21)4-3-5-16(14)22)18(26)8-12-6-7-13(20)9-17(12)23/h3-7,9,11H,8,10H2,1-2H3,(H,24,27). The minimum Gasteiger partial charge on any atom is -0.357 e. The van der Waals surface area contributed by atoms with Crippen LogP contribution < -0.4 is 5.32 Å². The number of nitrogens with one attached hydrogen (secondary N) is 1. The Morgan fingerprint density at radius 1 is 1.04 bits per heavy atom. The molecule has 0 spiro atoms. The van der Waals surface area contributed by atoms with Gasteiger partial charge in [-0.15, -0.1) is 0 Å². The van der Waals surface area contributed by atoms with Gasteiger partial charge >= 0.3 is 0 Å². The average molecular weight is 448 g/mol. The summed E-state index contributed by atoms with van der Waals surface area (Å²) in [6.07, 6.45) is 0.0133. The van der Waals surface area contributed by atoms with Gasteiger partial charge in [0.25, 0.3) is 0 Å². The third-order valence-corrected chi connectivity index (χ3v) is 5.46. The van der Waals surface area contributed by atoms with Crippen molar-refractivity contribution in [2.75, 3.05) is 7.05 Å². The molecule has 1 atom stereocenters. The smallest absolute Gasteiger partial charge is 0.242 e. The molecule has 2 aromatic rings. The van der Waals surface area contributed by atoms with Crippen LogP contribution in [0.5, 0.6) is 0 Å². The number of likely N-dealkylation sites (N-methyl/N-ethyl adjacent to an activating group) is 1. The first-order chi connectivity index (χ1) is 12.7. The number of nitrogens with zero attached hydrogens (tertiary/aromatic N) is 1. The SMILES string of the molecule is CNC(=O)C(C)N(Cc1c(Cl)cccc1Cl)C(=O)Cc1ccc(Cl)cc1Cl. The van der Waals surface area contributed by atoms with Crippen LogP contribution in [0.25, 0.3) is 0 Å². The molecule has 1 unspecified atom stereocenters. The highest BCUT2D eigenvalue weighted by atomic mass is 35.5. The molecule has 2 rings (SSSR count). The molecular weight excluding hydrogens is 430 g/mol. The molecule has 0 aliphatic carbocycles. The Morgan fingerprint density at radius 3 is 2.22 bits per heavy atom. The van der Waals surface area contributed by atoms with Gasteiger partial charge in [0.15, 0.2) is 0 Å². The van der Waals surface area contributed by atoms with Gasteiger partial charge < -0.3 is 10.2 Å². The van der Waals surface area contributed by atoms with Crippen molar-refractivity contribution in [2.45, 2.75) is 25.9 Å². The van der Waals surface area contributed by atoms with E-state index in [9.17, 15) is 9.59 Å². The number of amides is 2. The van der Waals surface area contributed by atoms with E-state index in [0.717, 1.165) is 0 Å². The van der Waals surface area contributed by atoms with Gasteiger partial charge in [0.1, 0.15) is 6.04 Å². The van der Waals surface area contributed by atoms with Gasteiger partial charge in [-0.2, -0.15) is 0 Å². The Morgan fingerprint density at radius 2 is 1.67 bits per heavy atom. The maximum Gasteiger partial charge on any atom is 0.242 e. The Labute approximate surface area is 178 Å². The summed E-state index contributed by atoms with van der Waals surface area (Å²) in [5, 5.41) is 4.27. The molecule has 2 aromatic carbocycles. The lowest BCUT2D eigenvalue weighted by Gasteiger charge is -2.29. The van der Waals surface area contributed by atoms with E-state index in [1.54, 1.807) is 43.3 Å². The van der Waals surface area contributed by atoms with E-state index in [4.69, 9.17) is 46.4 Å². The summed E-state index contributed by atoms with van der Waals surface area (Å²) in [5.41, 5.74) is 1.19. The van der Waals surface area contributed by atoms with Crippen LogP contribution in [0.15, 0.2) is 36.4 Å². The third kappa shape index (κ3) is 5.52. The lowest BCUT2D eigenvalue weighted by Crippen LogP contribution is -2.47. The first kappa shape index (κ1) is 21.8. The fourth-order valence-electron chi connectivity index (χ4n) is 2.57. The molecule has 0 saturated carbocycles. The highest BCUT2D eigenvalue weighted by Crippen LogP contribution is 2.27. The Hall–Kier alpha value is -1.46. The summed E-state index contributed by atoms with van der Waals surface area (Å²) in [6.45, 7) is 1.74. The molecule has 1 N–H and O–H groups in total. The van der Waals surface area contributed by atoms with Crippen LogP contribution in [0.4, 0.5) is 0 Å². The van der Waals surface area contributed by atoms with Gasteiger partial charge in [0, 0.05) is 39.2 Å². The Bertz CT molecular complexity index is 837. The van der Waals surface area contributed by atoms with Gasteiger partial charge in [0.2, 0.25) is 11.8 Å². The van der Waals surface area contributed by atoms with Crippen LogP contribution in [0.2, 0.25) is 20.1 Å². The predicted octanol–water partition coefficient (Wildman–Crippen LogP) is 5.01. The molecule has 2 amide bonds. The second-order valence-corrected chi connectivity index (χ2v) is 7.58. The fourth-order valence-corrected chi connectivity index (χ4v) is 3.57. The highest BCUT2D eigenvalue weighted by molar-refractivity contribution is 6.36. The van der Waals surface area contributed by atoms with Gasteiger partial charge in [-0.1, -0.05) is 58.5 Å². The summed E-state index contributed by atoms with van der Waals surface area (Å²) in [6, 6.07) is 9.29. The first-order valence-corrected chi connectivity index (χ1v) is 9.63. The predicted molar refractivity (Wildman–Crippen MR) is 111 cm³/mol. The molecule has 8 heteroatoms. The molecule has 0 fully saturated rings. The molecule has 0 saturated heterocycles. The molecular formula is C19H18Cl4N2O2. The van der Waals surface area contributed by atoms with E-state index in [0.29, 0.717) is 31.2 Å². The molecule has 27 heavy (non-hydrogen) atoms. The largest absolute Gasteiger partial charge is 0.357 e. The van der Waals surface area contributed by atoms with Crippen LogP contribution in [0, 0.1) is 0 Å². The number of benzene rings is 2. The summed E-state index contributed by atoms with van der Waals surface area (Å²) < 4.78 is 0. The molecule has 0 aliphatic rings. The van der Waals surface area contributed by atoms with Crippen LogP contribution in [-0.4, -0.2) is 29.8 Å². The van der Waals surface area contributed by atoms with Crippen molar-refractivity contribution in [3.8, 4) is 0 Å². The second kappa shape index (κ2) is 9.65. The zero-order valence-corrected chi connectivity index (χ0v) is 17.8. The molecule has 4 nitrogen and oxygen atoms in total. The van der Waals surface area contributed by atoms with Crippen LogP contribution in [-0.2, 0) is 22.6 Å². The minimum atomic E-state index is -0.721. The fraction of sp³-hybridized carbons (Fsp3) is 0.263. The number of carbonyl (C=O) groups excluding carboxylic acids is 2. The Kier molecular flexibility index (Phi) is 7.80. The second-order valence-electron chi connectivity index (χ2n) is 5.92. The average Bonchev–Trinajstić information content (AvgIpc) is 2.62. The van der Waals surface area contributed by atoms with Crippen LogP contribution >= 0.6 is 46.4 Å². The van der Waals surface area contributed by atoms with Crippen molar-refractivity contribution in [1.29, 1.82) is 0 Å². The molecule has 0 radical (unpaired) electrons. The maximum absolute atomic E-state index is 13.0. The van der Waals surface area contributed by atoms with Crippen LogP contribution in [0.1, 0.15) is 18.1 Å². The molecule has 0 bridgehead atoms. The number of halogens is 4. The topological polar surface area (TPSA) is 49.4 Å². The van der Waals surface area contributed by atoms with Crippen molar-refractivity contribution < 1.29 is 9.59 Å². The number of hydrogen-bond donors (Lipinski definition) is 1. The highest BCUT2D eigenvalue weighted by Gasteiger charge is 2.27. The van der Waals surface area contributed by atoms with E-state index >= 15 is 0 Å². The van der Waals surface area contributed by atoms with Crippen molar-refractivity contribution in [3.05, 3.63) is 67.6 Å². The van der Waals surface area contributed by atoms with Gasteiger partial charge in [0.05, 0.1) is 6.42 Å². The molecule has 144 valence electrons. The normalized spacial score (nSPS) is 11.8. The number of rotatable bonds is 6. The maximum atomic E-state index is 13.0. The lowest BCUT2D eigenvalue weighted by atomic mass is 10.1. The number of hydrogen-bond acceptors (Lipinski definition) is 2. The zero-order valence-electron chi connectivity index (χ0n) is 14.7. The van der Waals surface area contributed by atoms with Crippen molar-refractivity contribution in [2.24, 2.45) is 0 Å². The van der Waals surface area contributed by atoms with Crippen molar-refractivity contribution in [1.82, 2.24) is 10.2 Å². The summed E-state index contributed by atoms with van der Waals surface area (Å²) in [4.78, 5) is 26.6. The van der Waals surface area contributed by atoms with Gasteiger partial charge in [-0.25, -0.2) is 0 Å². The van der Waals surface area contributed by atoms with E-state index < -0.39 is 6.04 Å². The monoisotopic (exact) mass is 446 g/mol. The Balaban J connectivity index is 2.34. The van der Waals surface area contributed by atoms with Gasteiger partial charge in [-0.3, -0.25) is 9.59 Å². The van der Waals surface area contributed by atoms with Crippen molar-refractivity contribution in [3.63, 3.8) is 0 Å². The summed E-state index contributed by atoms with van der Waals surface area (Å²) in [5.74, 6) is -0.583. The quantitative estimate of drug-likeness (QED) is 0.676. The number of carbonyl (C=O) groups is 2. The van der Waals surface area contributed by atoms with E-state index in [1.807, 2.05) is 0 Å². The molecule has 0 aromatic heterocycles. The van der Waals surface area contributed by atoms with Gasteiger partial charge in [-0.05, 0) is 36.8 Å². The minimum absolute atomic E-state index is 0.0133. The van der Waals surface area contributed by atoms with E-state index in [-0.39, 0.29) is 24.8 Å². The van der Waals surface area contributed by atoms with Crippen LogP contribution in [0.3, 0.4) is 0 Å². The van der Waals surface area contributed by atoms with E-state index in [1.165, 1.54) is 11.9 Å². The molecule has 0 heterocycles. The molecule has 0 aliphatic heterocycles. The van der Waals surface area contributed by atoms with Crippen molar-refractivity contribution >= 4 is 58.2 Å². The lowest BCUT2D eigenvalue weighted by molar-refractivity contribution is -0.139.